The molecule has 1 saturated carbocycles. The molecule has 0 spiro atoms. The van der Waals surface area contributed by atoms with Gasteiger partial charge in [-0.1, -0.05) is 20.8 Å². The van der Waals surface area contributed by atoms with Crippen molar-refractivity contribution in [2.45, 2.75) is 83.9 Å². The van der Waals surface area contributed by atoms with Crippen LogP contribution in [0, 0.1) is 11.3 Å². The first-order chi connectivity index (χ1) is 8.95. The van der Waals surface area contributed by atoms with E-state index in [0.717, 1.165) is 18.8 Å². The average Bonchev–Trinajstić information content (AvgIpc) is 2.52. The number of amides is 1. The first-order valence-electron chi connectivity index (χ1n) is 7.94. The van der Waals surface area contributed by atoms with Crippen molar-refractivity contribution in [2.24, 2.45) is 11.3 Å². The van der Waals surface area contributed by atoms with E-state index in [1.54, 1.807) is 0 Å². The Bertz CT molecular complexity index is 342. The van der Waals surface area contributed by atoms with E-state index in [0.29, 0.717) is 17.5 Å². The van der Waals surface area contributed by atoms with Gasteiger partial charge in [0.25, 0.3) is 0 Å². The Balaban J connectivity index is 1.64. The van der Waals surface area contributed by atoms with E-state index in [1.165, 1.54) is 32.1 Å². The fraction of sp³-hybridized carbons (Fsp3) is 0.938. The number of nitrogens with zero attached hydrogens (tertiary/aromatic N) is 1. The van der Waals surface area contributed by atoms with Gasteiger partial charge < -0.3 is 9.64 Å². The normalized spacial score (nSPS) is 35.1. The lowest BCUT2D eigenvalue weighted by Gasteiger charge is -2.44. The van der Waals surface area contributed by atoms with Gasteiger partial charge in [0.15, 0.2) is 0 Å². The van der Waals surface area contributed by atoms with Crippen LogP contribution in [0.25, 0.3) is 0 Å². The van der Waals surface area contributed by atoms with Crippen molar-refractivity contribution in [3.8, 4) is 0 Å². The highest BCUT2D eigenvalue weighted by molar-refractivity contribution is 5.69. The Hall–Kier alpha value is -0.730. The van der Waals surface area contributed by atoms with Gasteiger partial charge in [-0.3, -0.25) is 0 Å². The SMILES string of the molecule is CC(C)(C)C1CC2CCC(C1)N2C(=O)OC1CCC1. The van der Waals surface area contributed by atoms with Gasteiger partial charge in [-0.15, -0.1) is 0 Å². The monoisotopic (exact) mass is 265 g/mol. The van der Waals surface area contributed by atoms with Gasteiger partial charge >= 0.3 is 6.09 Å². The molecule has 2 saturated heterocycles. The van der Waals surface area contributed by atoms with Gasteiger partial charge in [0, 0.05) is 12.1 Å². The first kappa shape index (κ1) is 13.3. The summed E-state index contributed by atoms with van der Waals surface area (Å²) in [5.74, 6) is 0.748. The molecule has 0 aromatic heterocycles. The molecule has 0 radical (unpaired) electrons. The van der Waals surface area contributed by atoms with Crippen LogP contribution in [-0.2, 0) is 4.74 Å². The van der Waals surface area contributed by atoms with Gasteiger partial charge in [-0.25, -0.2) is 4.79 Å². The Morgan fingerprint density at radius 1 is 1.05 bits per heavy atom. The molecule has 0 N–H and O–H groups in total. The van der Waals surface area contributed by atoms with Crippen LogP contribution in [-0.4, -0.2) is 29.2 Å². The first-order valence-corrected chi connectivity index (χ1v) is 7.94. The van der Waals surface area contributed by atoms with Crippen LogP contribution < -0.4 is 0 Å². The van der Waals surface area contributed by atoms with E-state index in [1.807, 2.05) is 0 Å². The van der Waals surface area contributed by atoms with Crippen LogP contribution in [0.15, 0.2) is 0 Å². The van der Waals surface area contributed by atoms with Crippen LogP contribution in [0.1, 0.15) is 65.7 Å². The highest BCUT2D eigenvalue weighted by atomic mass is 16.6. The molecule has 2 atom stereocenters. The van der Waals surface area contributed by atoms with Crippen molar-refractivity contribution in [1.82, 2.24) is 4.90 Å². The molecule has 0 aromatic rings. The lowest BCUT2D eigenvalue weighted by molar-refractivity contribution is -0.00429. The van der Waals surface area contributed by atoms with E-state index in [2.05, 4.69) is 25.7 Å². The van der Waals surface area contributed by atoms with Crippen molar-refractivity contribution < 1.29 is 9.53 Å². The predicted octanol–water partition coefficient (Wildman–Crippen LogP) is 3.96. The molecular weight excluding hydrogens is 238 g/mol. The number of hydrogen-bond donors (Lipinski definition) is 0. The third-order valence-electron chi connectivity index (χ3n) is 5.49. The third kappa shape index (κ3) is 2.48. The van der Waals surface area contributed by atoms with Crippen molar-refractivity contribution in [2.75, 3.05) is 0 Å². The highest BCUT2D eigenvalue weighted by Gasteiger charge is 2.47. The fourth-order valence-electron chi connectivity index (χ4n) is 3.87. The average molecular weight is 265 g/mol. The lowest BCUT2D eigenvalue weighted by Crippen LogP contribution is -2.50. The molecule has 108 valence electrons. The van der Waals surface area contributed by atoms with E-state index in [9.17, 15) is 4.79 Å². The zero-order valence-electron chi connectivity index (χ0n) is 12.5. The molecule has 2 unspecified atom stereocenters. The molecule has 3 heteroatoms. The number of carbonyl (C=O) groups is 1. The summed E-state index contributed by atoms with van der Waals surface area (Å²) >= 11 is 0. The van der Waals surface area contributed by atoms with Gasteiger partial charge in [-0.2, -0.15) is 0 Å². The molecule has 0 aromatic carbocycles. The summed E-state index contributed by atoms with van der Waals surface area (Å²) in [7, 11) is 0. The molecule has 2 bridgehead atoms. The Kier molecular flexibility index (Phi) is 3.26. The minimum absolute atomic E-state index is 0.0236. The van der Waals surface area contributed by atoms with Crippen LogP contribution in [0.3, 0.4) is 0 Å². The molecule has 3 nitrogen and oxygen atoms in total. The molecule has 3 aliphatic rings. The summed E-state index contributed by atoms with van der Waals surface area (Å²) in [5.41, 5.74) is 0.366. The molecule has 3 rings (SSSR count). The quantitative estimate of drug-likeness (QED) is 0.718. The standard InChI is InChI=1S/C16H27NO2/c1-16(2,3)11-9-12-7-8-13(10-11)17(12)15(18)19-14-5-4-6-14/h11-14H,4-10H2,1-3H3. The second-order valence-electron chi connectivity index (χ2n) is 7.76. The summed E-state index contributed by atoms with van der Waals surface area (Å²) < 4.78 is 5.61. The van der Waals surface area contributed by atoms with Gasteiger partial charge in [0.05, 0.1) is 0 Å². The van der Waals surface area contributed by atoms with Crippen LogP contribution in [0.4, 0.5) is 4.79 Å². The number of piperidine rings is 1. The van der Waals surface area contributed by atoms with Crippen LogP contribution in [0.5, 0.6) is 0 Å². The zero-order valence-corrected chi connectivity index (χ0v) is 12.5. The van der Waals surface area contributed by atoms with E-state index in [4.69, 9.17) is 4.74 Å². The Morgan fingerprint density at radius 2 is 1.63 bits per heavy atom. The fourth-order valence-corrected chi connectivity index (χ4v) is 3.87. The van der Waals surface area contributed by atoms with Gasteiger partial charge in [0.2, 0.25) is 0 Å². The van der Waals surface area contributed by atoms with Crippen molar-refractivity contribution in [3.05, 3.63) is 0 Å². The number of fused-ring (bicyclic) bond motifs is 2. The van der Waals surface area contributed by atoms with Crippen molar-refractivity contribution in [1.29, 1.82) is 0 Å². The smallest absolute Gasteiger partial charge is 0.410 e. The summed E-state index contributed by atoms with van der Waals surface area (Å²) in [6.07, 6.45) is 8.24. The highest BCUT2D eigenvalue weighted by Crippen LogP contribution is 2.45. The second kappa shape index (κ2) is 4.68. The number of carbonyl (C=O) groups excluding carboxylic acids is 1. The predicted molar refractivity (Wildman–Crippen MR) is 74.9 cm³/mol. The molecule has 2 heterocycles. The molecule has 1 amide bonds. The molecule has 3 fully saturated rings. The van der Waals surface area contributed by atoms with Gasteiger partial charge in [0.1, 0.15) is 6.10 Å². The van der Waals surface area contributed by atoms with Gasteiger partial charge in [-0.05, 0) is 56.3 Å². The van der Waals surface area contributed by atoms with Crippen LogP contribution >= 0.6 is 0 Å². The Morgan fingerprint density at radius 3 is 2.05 bits per heavy atom. The lowest BCUT2D eigenvalue weighted by atomic mass is 9.73. The minimum atomic E-state index is -0.0236. The number of rotatable bonds is 1. The molecular formula is C16H27NO2. The second-order valence-corrected chi connectivity index (χ2v) is 7.76. The minimum Gasteiger partial charge on any atom is -0.446 e. The maximum atomic E-state index is 12.3. The van der Waals surface area contributed by atoms with E-state index < -0.39 is 0 Å². The zero-order chi connectivity index (χ0) is 13.6. The topological polar surface area (TPSA) is 29.5 Å². The maximum absolute atomic E-state index is 12.3. The summed E-state index contributed by atoms with van der Waals surface area (Å²) in [6, 6.07) is 0.881. The largest absolute Gasteiger partial charge is 0.446 e. The van der Waals surface area contributed by atoms with Crippen molar-refractivity contribution in [3.63, 3.8) is 0 Å². The maximum Gasteiger partial charge on any atom is 0.410 e. The third-order valence-corrected chi connectivity index (χ3v) is 5.49. The van der Waals surface area contributed by atoms with Crippen molar-refractivity contribution >= 4 is 6.09 Å². The number of hydrogen-bond acceptors (Lipinski definition) is 2. The number of ether oxygens (including phenoxy) is 1. The summed E-state index contributed by atoms with van der Waals surface area (Å²) in [4.78, 5) is 14.4. The van der Waals surface area contributed by atoms with Crippen LogP contribution in [0.2, 0.25) is 0 Å². The van der Waals surface area contributed by atoms with E-state index >= 15 is 0 Å². The van der Waals surface area contributed by atoms with E-state index in [-0.39, 0.29) is 12.2 Å². The molecule has 19 heavy (non-hydrogen) atoms. The summed E-state index contributed by atoms with van der Waals surface area (Å²) in [6.45, 7) is 7.00. The Labute approximate surface area is 116 Å². The molecule has 2 aliphatic heterocycles. The summed E-state index contributed by atoms with van der Waals surface area (Å²) in [5, 5.41) is 0. The molecule has 1 aliphatic carbocycles.